The summed E-state index contributed by atoms with van der Waals surface area (Å²) in [6, 6.07) is 9.97. The Balaban J connectivity index is 0.000000232. The molecule has 1 heterocycles. The van der Waals surface area contributed by atoms with E-state index in [1.807, 2.05) is 44.2 Å². The molecule has 0 atom stereocenters. The molecule has 2 nitrogen and oxygen atoms in total. The minimum absolute atomic E-state index is 0.844. The van der Waals surface area contributed by atoms with Gasteiger partial charge in [0.05, 0.1) is 0 Å². The number of ether oxygens (including phenoxy) is 2. The number of halogens is 1. The molecule has 17 heavy (non-hydrogen) atoms. The third-order valence-corrected chi connectivity index (χ3v) is 2.50. The Morgan fingerprint density at radius 1 is 1.06 bits per heavy atom. The van der Waals surface area contributed by atoms with E-state index >= 15 is 0 Å². The Morgan fingerprint density at radius 2 is 1.59 bits per heavy atom. The van der Waals surface area contributed by atoms with E-state index in [9.17, 15) is 0 Å². The van der Waals surface area contributed by atoms with Crippen molar-refractivity contribution in [2.45, 2.75) is 26.7 Å². The highest BCUT2D eigenvalue weighted by molar-refractivity contribution is 9.10. The van der Waals surface area contributed by atoms with Crippen LogP contribution in [0.2, 0.25) is 0 Å². The van der Waals surface area contributed by atoms with Crippen LogP contribution in [0.25, 0.3) is 0 Å². The first kappa shape index (κ1) is 16.6. The van der Waals surface area contributed by atoms with Crippen LogP contribution in [-0.4, -0.2) is 26.4 Å². The second-order valence-electron chi connectivity index (χ2n) is 3.40. The van der Waals surface area contributed by atoms with Gasteiger partial charge in [0.2, 0.25) is 0 Å². The monoisotopic (exact) mass is 302 g/mol. The van der Waals surface area contributed by atoms with Crippen LogP contribution < -0.4 is 0 Å². The van der Waals surface area contributed by atoms with Gasteiger partial charge in [0.15, 0.2) is 0 Å². The molecular formula is C14H23BrO2. The fraction of sp³-hybridized carbons (Fsp3) is 0.571. The van der Waals surface area contributed by atoms with Gasteiger partial charge < -0.3 is 9.47 Å². The quantitative estimate of drug-likeness (QED) is 0.811. The maximum Gasteiger partial charge on any atom is 0.0466 e. The summed E-state index contributed by atoms with van der Waals surface area (Å²) in [7, 11) is 0. The van der Waals surface area contributed by atoms with Crippen LogP contribution in [0.1, 0.15) is 26.7 Å². The molecule has 0 radical (unpaired) electrons. The number of rotatable bonds is 2. The molecule has 98 valence electrons. The van der Waals surface area contributed by atoms with E-state index in [1.54, 1.807) is 0 Å². The maximum atomic E-state index is 4.94. The lowest BCUT2D eigenvalue weighted by Crippen LogP contribution is -1.84. The van der Waals surface area contributed by atoms with Crippen molar-refractivity contribution in [3.05, 3.63) is 34.8 Å². The molecule has 3 heteroatoms. The number of hydrogen-bond acceptors (Lipinski definition) is 2. The standard InChI is InChI=1S/C6H5Br.C4H8O.C4H10O/c7-6-4-2-1-3-5-6;1-2-4-5-3-1;1-3-5-4-2/h1-5H;1-4H2;3-4H2,1-2H3. The molecule has 1 aromatic carbocycles. The molecule has 1 aliphatic heterocycles. The summed E-state index contributed by atoms with van der Waals surface area (Å²) < 4.78 is 10.9. The molecule has 0 unspecified atom stereocenters. The Labute approximate surface area is 113 Å². The van der Waals surface area contributed by atoms with Gasteiger partial charge in [-0.25, -0.2) is 0 Å². The van der Waals surface area contributed by atoms with Crippen molar-refractivity contribution in [3.8, 4) is 0 Å². The van der Waals surface area contributed by atoms with Crippen molar-refractivity contribution in [2.24, 2.45) is 0 Å². The van der Waals surface area contributed by atoms with Crippen molar-refractivity contribution in [1.82, 2.24) is 0 Å². The van der Waals surface area contributed by atoms with Crippen molar-refractivity contribution >= 4 is 15.9 Å². The summed E-state index contributed by atoms with van der Waals surface area (Å²) in [6.45, 7) is 7.67. The van der Waals surface area contributed by atoms with E-state index in [0.717, 1.165) is 30.9 Å². The first-order chi connectivity index (χ1) is 8.31. The SMILES string of the molecule is Brc1ccccc1.C1CCOC1.CCOCC. The fourth-order valence-corrected chi connectivity index (χ4v) is 1.43. The van der Waals surface area contributed by atoms with Crippen LogP contribution in [0.4, 0.5) is 0 Å². The molecule has 0 N–H and O–H groups in total. The minimum Gasteiger partial charge on any atom is -0.382 e. The topological polar surface area (TPSA) is 18.5 Å². The third kappa shape index (κ3) is 13.6. The molecule has 0 aliphatic carbocycles. The van der Waals surface area contributed by atoms with Gasteiger partial charge in [-0.3, -0.25) is 0 Å². The van der Waals surface area contributed by atoms with Gasteiger partial charge in [-0.1, -0.05) is 34.1 Å². The van der Waals surface area contributed by atoms with Crippen LogP contribution in [0, 0.1) is 0 Å². The first-order valence-electron chi connectivity index (χ1n) is 6.17. The highest BCUT2D eigenvalue weighted by Gasteiger charge is 1.94. The largest absolute Gasteiger partial charge is 0.382 e. The van der Waals surface area contributed by atoms with Gasteiger partial charge in [0.1, 0.15) is 0 Å². The van der Waals surface area contributed by atoms with Crippen LogP contribution >= 0.6 is 15.9 Å². The summed E-state index contributed by atoms with van der Waals surface area (Å²) >= 11 is 3.31. The van der Waals surface area contributed by atoms with E-state index in [0.29, 0.717) is 0 Å². The maximum absolute atomic E-state index is 4.94. The third-order valence-electron chi connectivity index (χ3n) is 1.97. The van der Waals surface area contributed by atoms with E-state index in [1.165, 1.54) is 12.8 Å². The Kier molecular flexibility index (Phi) is 13.4. The zero-order valence-corrected chi connectivity index (χ0v) is 12.4. The molecule has 1 saturated heterocycles. The van der Waals surface area contributed by atoms with Crippen molar-refractivity contribution < 1.29 is 9.47 Å². The second-order valence-corrected chi connectivity index (χ2v) is 4.31. The molecule has 0 spiro atoms. The summed E-state index contributed by atoms with van der Waals surface area (Å²) in [5.74, 6) is 0. The van der Waals surface area contributed by atoms with Gasteiger partial charge in [0, 0.05) is 30.9 Å². The van der Waals surface area contributed by atoms with Crippen molar-refractivity contribution in [2.75, 3.05) is 26.4 Å². The minimum atomic E-state index is 0.844. The summed E-state index contributed by atoms with van der Waals surface area (Å²) in [4.78, 5) is 0. The predicted octanol–water partition coefficient (Wildman–Crippen LogP) is 4.29. The molecule has 0 amide bonds. The van der Waals surface area contributed by atoms with Crippen molar-refractivity contribution in [1.29, 1.82) is 0 Å². The smallest absolute Gasteiger partial charge is 0.0466 e. The number of hydrogen-bond donors (Lipinski definition) is 0. The van der Waals surface area contributed by atoms with Gasteiger partial charge in [-0.2, -0.15) is 0 Å². The van der Waals surface area contributed by atoms with Gasteiger partial charge in [0.25, 0.3) is 0 Å². The summed E-state index contributed by atoms with van der Waals surface area (Å²) in [6.07, 6.45) is 2.56. The van der Waals surface area contributed by atoms with Crippen LogP contribution in [0.5, 0.6) is 0 Å². The lowest BCUT2D eigenvalue weighted by atomic mass is 10.4. The van der Waals surface area contributed by atoms with E-state index in [-0.39, 0.29) is 0 Å². The highest BCUT2D eigenvalue weighted by atomic mass is 79.9. The molecule has 0 bridgehead atoms. The zero-order chi connectivity index (χ0) is 12.8. The van der Waals surface area contributed by atoms with Gasteiger partial charge in [-0.05, 0) is 38.8 Å². The molecule has 1 aromatic rings. The van der Waals surface area contributed by atoms with Crippen molar-refractivity contribution in [3.63, 3.8) is 0 Å². The second kappa shape index (κ2) is 13.7. The Hall–Kier alpha value is -0.380. The van der Waals surface area contributed by atoms with E-state index in [2.05, 4.69) is 15.9 Å². The molecule has 0 saturated carbocycles. The summed E-state index contributed by atoms with van der Waals surface area (Å²) in [5.41, 5.74) is 0. The first-order valence-corrected chi connectivity index (χ1v) is 6.96. The van der Waals surface area contributed by atoms with E-state index < -0.39 is 0 Å². The number of benzene rings is 1. The van der Waals surface area contributed by atoms with Crippen LogP contribution in [0.15, 0.2) is 34.8 Å². The van der Waals surface area contributed by atoms with Gasteiger partial charge >= 0.3 is 0 Å². The normalized spacial score (nSPS) is 13.1. The Bertz CT molecular complexity index is 226. The molecular weight excluding hydrogens is 280 g/mol. The Morgan fingerprint density at radius 3 is 1.76 bits per heavy atom. The fourth-order valence-electron chi connectivity index (χ4n) is 1.13. The average Bonchev–Trinajstić information content (AvgIpc) is 2.90. The molecule has 2 rings (SSSR count). The average molecular weight is 303 g/mol. The van der Waals surface area contributed by atoms with Crippen LogP contribution in [-0.2, 0) is 9.47 Å². The van der Waals surface area contributed by atoms with E-state index in [4.69, 9.17) is 9.47 Å². The summed E-state index contributed by atoms with van der Waals surface area (Å²) in [5, 5.41) is 0. The highest BCUT2D eigenvalue weighted by Crippen LogP contribution is 2.05. The van der Waals surface area contributed by atoms with Gasteiger partial charge in [-0.15, -0.1) is 0 Å². The lowest BCUT2D eigenvalue weighted by molar-refractivity contribution is 0.162. The molecule has 1 aliphatic rings. The lowest BCUT2D eigenvalue weighted by Gasteiger charge is -1.86. The predicted molar refractivity (Wildman–Crippen MR) is 76.4 cm³/mol. The molecule has 0 aromatic heterocycles. The zero-order valence-electron chi connectivity index (χ0n) is 10.8. The van der Waals surface area contributed by atoms with Crippen LogP contribution in [0.3, 0.4) is 0 Å². The molecule has 1 fully saturated rings.